The standard InChI is InChI=1S/C21H24N2OS/c1-4-14-5-10-17-18(12-22)21(25-19(17)11-14)23-20(24)16-8-6-15(7-9-16)13(2)3/h6-9,13-14H,4-5,10-11H2,1-3H3,(H,23,24)/t14-/m0/s1. The lowest BCUT2D eigenvalue weighted by Gasteiger charge is -2.20. The van der Waals surface area contributed by atoms with E-state index in [0.717, 1.165) is 24.8 Å². The number of rotatable bonds is 4. The van der Waals surface area contributed by atoms with E-state index in [1.165, 1.54) is 16.9 Å². The summed E-state index contributed by atoms with van der Waals surface area (Å²) in [4.78, 5) is 13.9. The third-order valence-corrected chi connectivity index (χ3v) is 6.29. The minimum Gasteiger partial charge on any atom is -0.312 e. The van der Waals surface area contributed by atoms with Crippen LogP contribution in [0.25, 0.3) is 0 Å². The summed E-state index contributed by atoms with van der Waals surface area (Å²) < 4.78 is 0. The Morgan fingerprint density at radius 1 is 1.36 bits per heavy atom. The van der Waals surface area contributed by atoms with E-state index in [-0.39, 0.29) is 5.91 Å². The monoisotopic (exact) mass is 352 g/mol. The molecule has 4 heteroatoms. The van der Waals surface area contributed by atoms with Crippen LogP contribution in [0.5, 0.6) is 0 Å². The predicted molar refractivity (Wildman–Crippen MR) is 103 cm³/mol. The molecule has 25 heavy (non-hydrogen) atoms. The van der Waals surface area contributed by atoms with Crippen molar-refractivity contribution in [3.05, 3.63) is 51.4 Å². The summed E-state index contributed by atoms with van der Waals surface area (Å²) in [5, 5.41) is 13.3. The van der Waals surface area contributed by atoms with Gasteiger partial charge in [-0.1, -0.05) is 39.3 Å². The number of nitrogens with zero attached hydrogens (tertiary/aromatic N) is 1. The molecule has 0 radical (unpaired) electrons. The Morgan fingerprint density at radius 2 is 2.08 bits per heavy atom. The molecule has 0 aliphatic heterocycles. The smallest absolute Gasteiger partial charge is 0.256 e. The van der Waals surface area contributed by atoms with E-state index >= 15 is 0 Å². The molecule has 0 bridgehead atoms. The van der Waals surface area contributed by atoms with Crippen LogP contribution in [0.1, 0.15) is 71.5 Å². The van der Waals surface area contributed by atoms with Crippen LogP contribution >= 0.6 is 11.3 Å². The highest BCUT2D eigenvalue weighted by Crippen LogP contribution is 2.40. The van der Waals surface area contributed by atoms with Crippen molar-refractivity contribution in [2.24, 2.45) is 5.92 Å². The first-order valence-corrected chi connectivity index (χ1v) is 9.81. The third-order valence-electron chi connectivity index (χ3n) is 5.12. The minimum absolute atomic E-state index is 0.141. The number of thiophene rings is 1. The lowest BCUT2D eigenvalue weighted by Crippen LogP contribution is -2.13. The quantitative estimate of drug-likeness (QED) is 0.788. The van der Waals surface area contributed by atoms with Crippen LogP contribution in [-0.2, 0) is 12.8 Å². The summed E-state index contributed by atoms with van der Waals surface area (Å²) >= 11 is 1.58. The molecule has 1 aliphatic carbocycles. The minimum atomic E-state index is -0.141. The lowest BCUT2D eigenvalue weighted by molar-refractivity contribution is 0.102. The number of fused-ring (bicyclic) bond motifs is 1. The number of hydrogen-bond acceptors (Lipinski definition) is 3. The van der Waals surface area contributed by atoms with E-state index < -0.39 is 0 Å². The summed E-state index contributed by atoms with van der Waals surface area (Å²) in [7, 11) is 0. The fourth-order valence-electron chi connectivity index (χ4n) is 3.40. The van der Waals surface area contributed by atoms with Gasteiger partial charge in [0.05, 0.1) is 5.56 Å². The van der Waals surface area contributed by atoms with Crippen LogP contribution in [-0.4, -0.2) is 5.91 Å². The fourth-order valence-corrected chi connectivity index (χ4v) is 4.71. The average Bonchev–Trinajstić information content (AvgIpc) is 2.97. The Bertz CT molecular complexity index is 812. The second kappa shape index (κ2) is 7.41. The van der Waals surface area contributed by atoms with E-state index in [4.69, 9.17) is 0 Å². The molecular weight excluding hydrogens is 328 g/mol. The summed E-state index contributed by atoms with van der Waals surface area (Å²) in [6.07, 6.45) is 4.29. The Kier molecular flexibility index (Phi) is 5.24. The van der Waals surface area contributed by atoms with E-state index in [1.807, 2.05) is 24.3 Å². The SMILES string of the molecule is CC[C@H]1CCc2c(sc(NC(=O)c3ccc(C(C)C)cc3)c2C#N)C1. The number of anilines is 1. The molecule has 0 spiro atoms. The van der Waals surface area contributed by atoms with E-state index in [2.05, 4.69) is 32.2 Å². The molecule has 1 atom stereocenters. The molecule has 1 aliphatic rings. The Morgan fingerprint density at radius 3 is 2.68 bits per heavy atom. The van der Waals surface area contributed by atoms with Gasteiger partial charge in [0.2, 0.25) is 0 Å². The molecule has 1 aromatic carbocycles. The van der Waals surface area contributed by atoms with Crippen LogP contribution in [0.15, 0.2) is 24.3 Å². The van der Waals surface area contributed by atoms with Gasteiger partial charge >= 0.3 is 0 Å². The summed E-state index contributed by atoms with van der Waals surface area (Å²) in [6, 6.07) is 10.0. The maximum Gasteiger partial charge on any atom is 0.256 e. The molecule has 0 saturated carbocycles. The number of hydrogen-bond donors (Lipinski definition) is 1. The largest absolute Gasteiger partial charge is 0.312 e. The Labute approximate surface area is 153 Å². The fraction of sp³-hybridized carbons (Fsp3) is 0.429. The number of nitriles is 1. The molecule has 0 unspecified atom stereocenters. The zero-order valence-corrected chi connectivity index (χ0v) is 15.9. The number of amides is 1. The lowest BCUT2D eigenvalue weighted by atomic mass is 9.86. The van der Waals surface area contributed by atoms with Gasteiger partial charge in [0.15, 0.2) is 0 Å². The normalized spacial score (nSPS) is 16.4. The van der Waals surface area contributed by atoms with Gasteiger partial charge < -0.3 is 5.32 Å². The van der Waals surface area contributed by atoms with Gasteiger partial charge in [0, 0.05) is 10.4 Å². The molecule has 1 amide bonds. The van der Waals surface area contributed by atoms with Crippen molar-refractivity contribution in [3.63, 3.8) is 0 Å². The Balaban J connectivity index is 1.82. The van der Waals surface area contributed by atoms with Gasteiger partial charge in [-0.3, -0.25) is 4.79 Å². The molecule has 2 aromatic rings. The van der Waals surface area contributed by atoms with Crippen molar-refractivity contribution in [1.82, 2.24) is 0 Å². The third kappa shape index (κ3) is 3.62. The van der Waals surface area contributed by atoms with Crippen LogP contribution in [0.4, 0.5) is 5.00 Å². The average molecular weight is 353 g/mol. The van der Waals surface area contributed by atoms with Crippen molar-refractivity contribution in [2.45, 2.75) is 52.4 Å². The molecule has 3 rings (SSSR count). The predicted octanol–water partition coefficient (Wildman–Crippen LogP) is 5.51. The highest BCUT2D eigenvalue weighted by molar-refractivity contribution is 7.16. The highest BCUT2D eigenvalue weighted by atomic mass is 32.1. The number of carbonyl (C=O) groups excluding carboxylic acids is 1. The number of benzene rings is 1. The van der Waals surface area contributed by atoms with Gasteiger partial charge in [-0.2, -0.15) is 5.26 Å². The second-order valence-corrected chi connectivity index (χ2v) is 8.17. The first-order valence-electron chi connectivity index (χ1n) is 8.99. The van der Waals surface area contributed by atoms with Gasteiger partial charge in [-0.05, 0) is 54.4 Å². The first-order chi connectivity index (χ1) is 12.0. The van der Waals surface area contributed by atoms with Crippen LogP contribution in [0.2, 0.25) is 0 Å². The van der Waals surface area contributed by atoms with E-state index in [1.54, 1.807) is 11.3 Å². The van der Waals surface area contributed by atoms with Crippen molar-refractivity contribution in [3.8, 4) is 6.07 Å². The van der Waals surface area contributed by atoms with Crippen molar-refractivity contribution < 1.29 is 4.79 Å². The first kappa shape index (κ1) is 17.7. The van der Waals surface area contributed by atoms with Crippen molar-refractivity contribution in [2.75, 3.05) is 5.32 Å². The molecule has 0 fully saturated rings. The molecule has 1 heterocycles. The maximum atomic E-state index is 12.6. The van der Waals surface area contributed by atoms with E-state index in [9.17, 15) is 10.1 Å². The summed E-state index contributed by atoms with van der Waals surface area (Å²) in [6.45, 7) is 6.49. The molecule has 130 valence electrons. The molecular formula is C21H24N2OS. The van der Waals surface area contributed by atoms with Crippen molar-refractivity contribution >= 4 is 22.2 Å². The topological polar surface area (TPSA) is 52.9 Å². The Hall–Kier alpha value is -2.12. The van der Waals surface area contributed by atoms with Gasteiger partial charge in [0.25, 0.3) is 5.91 Å². The van der Waals surface area contributed by atoms with Gasteiger partial charge in [-0.25, -0.2) is 0 Å². The second-order valence-electron chi connectivity index (χ2n) is 7.07. The highest BCUT2D eigenvalue weighted by Gasteiger charge is 2.25. The maximum absolute atomic E-state index is 12.6. The van der Waals surface area contributed by atoms with Gasteiger partial charge in [-0.15, -0.1) is 11.3 Å². The molecule has 1 aromatic heterocycles. The van der Waals surface area contributed by atoms with Gasteiger partial charge in [0.1, 0.15) is 11.1 Å². The van der Waals surface area contributed by atoms with Crippen LogP contribution < -0.4 is 5.32 Å². The molecule has 0 saturated heterocycles. The summed E-state index contributed by atoms with van der Waals surface area (Å²) in [5.74, 6) is 1.00. The van der Waals surface area contributed by atoms with Crippen LogP contribution in [0, 0.1) is 17.2 Å². The number of carbonyl (C=O) groups is 1. The summed E-state index contributed by atoms with van der Waals surface area (Å²) in [5.41, 5.74) is 3.67. The molecule has 1 N–H and O–H groups in total. The van der Waals surface area contributed by atoms with Crippen LogP contribution in [0.3, 0.4) is 0 Å². The zero-order chi connectivity index (χ0) is 18.0. The zero-order valence-electron chi connectivity index (χ0n) is 15.1. The molecule has 3 nitrogen and oxygen atoms in total. The van der Waals surface area contributed by atoms with Crippen molar-refractivity contribution in [1.29, 1.82) is 5.26 Å². The van der Waals surface area contributed by atoms with E-state index in [0.29, 0.717) is 28.0 Å². The number of nitrogens with one attached hydrogen (secondary N) is 1.